The van der Waals surface area contributed by atoms with Crippen LogP contribution in [0.2, 0.25) is 0 Å². The van der Waals surface area contributed by atoms with Crippen molar-refractivity contribution >= 4 is 0 Å². The molecule has 0 N–H and O–H groups in total. The van der Waals surface area contributed by atoms with Crippen molar-refractivity contribution in [1.29, 1.82) is 5.26 Å². The molecule has 1 aliphatic rings. The summed E-state index contributed by atoms with van der Waals surface area (Å²) in [7, 11) is 1.62. The predicted molar refractivity (Wildman–Crippen MR) is 104 cm³/mol. The van der Waals surface area contributed by atoms with Crippen LogP contribution in [-0.2, 0) is 13.2 Å². The second-order valence-electron chi connectivity index (χ2n) is 6.53. The van der Waals surface area contributed by atoms with E-state index in [0.29, 0.717) is 29.6 Å². The summed E-state index contributed by atoms with van der Waals surface area (Å²) in [5, 5.41) is 18.3. The lowest BCUT2D eigenvalue weighted by Gasteiger charge is -2.10. The van der Waals surface area contributed by atoms with Crippen LogP contribution in [0.5, 0.6) is 11.5 Å². The second-order valence-corrected chi connectivity index (χ2v) is 6.53. The van der Waals surface area contributed by atoms with Gasteiger partial charge in [-0.2, -0.15) is 5.26 Å². The molecule has 4 aromatic rings. The van der Waals surface area contributed by atoms with E-state index >= 15 is 0 Å². The molecule has 0 saturated carbocycles. The summed E-state index contributed by atoms with van der Waals surface area (Å²) in [4.78, 5) is 4.27. The van der Waals surface area contributed by atoms with Gasteiger partial charge in [-0.05, 0) is 30.3 Å². The quantitative estimate of drug-likeness (QED) is 0.473. The van der Waals surface area contributed by atoms with Crippen molar-refractivity contribution < 1.29 is 9.47 Å². The minimum Gasteiger partial charge on any atom is -0.497 e. The largest absolute Gasteiger partial charge is 0.497 e. The van der Waals surface area contributed by atoms with Crippen molar-refractivity contribution in [3.63, 3.8) is 0 Å². The fourth-order valence-electron chi connectivity index (χ4n) is 3.48. The molecule has 0 radical (unpaired) electrons. The molecule has 2 aromatic heterocycles. The molecule has 3 heterocycles. The number of nitriles is 1. The molecule has 2 aromatic carbocycles. The molecule has 1 aliphatic heterocycles. The van der Waals surface area contributed by atoms with Gasteiger partial charge in [0.05, 0.1) is 25.0 Å². The zero-order chi connectivity index (χ0) is 19.8. The van der Waals surface area contributed by atoms with E-state index in [1.807, 2.05) is 57.7 Å². The normalized spacial score (nSPS) is 11.6. The molecule has 8 nitrogen and oxygen atoms in total. The third kappa shape index (κ3) is 2.80. The summed E-state index contributed by atoms with van der Waals surface area (Å²) < 4.78 is 15.2. The smallest absolute Gasteiger partial charge is 0.171 e. The van der Waals surface area contributed by atoms with Crippen LogP contribution in [0.3, 0.4) is 0 Å². The molecule has 5 rings (SSSR count). The summed E-state index contributed by atoms with van der Waals surface area (Å²) in [6, 6.07) is 17.5. The second kappa shape index (κ2) is 6.80. The predicted octanol–water partition coefficient (Wildman–Crippen LogP) is 2.95. The number of nitrogens with zero attached hydrogens (tertiary/aromatic N) is 6. The molecule has 8 heteroatoms. The Bertz CT molecular complexity index is 1240. The first kappa shape index (κ1) is 17.0. The van der Waals surface area contributed by atoms with Gasteiger partial charge in [-0.15, -0.1) is 10.2 Å². The molecule has 0 aliphatic carbocycles. The summed E-state index contributed by atoms with van der Waals surface area (Å²) in [5.74, 6) is 2.82. The van der Waals surface area contributed by atoms with Crippen molar-refractivity contribution in [2.45, 2.75) is 13.2 Å². The van der Waals surface area contributed by atoms with Crippen LogP contribution in [0.1, 0.15) is 17.2 Å². The zero-order valence-electron chi connectivity index (χ0n) is 15.6. The van der Waals surface area contributed by atoms with Crippen molar-refractivity contribution in [3.8, 4) is 34.6 Å². The van der Waals surface area contributed by atoms with Gasteiger partial charge in [0.2, 0.25) is 0 Å². The molecule has 0 spiro atoms. The molecule has 142 valence electrons. The SMILES string of the molecule is COc1ccc2c(c1)-c1nnc(COc3ccccc3)n1Cc1c(C#N)ncn1-2. The number of hydrogen-bond donors (Lipinski definition) is 0. The van der Waals surface area contributed by atoms with E-state index < -0.39 is 0 Å². The molecule has 0 atom stereocenters. The monoisotopic (exact) mass is 384 g/mol. The van der Waals surface area contributed by atoms with E-state index in [1.165, 1.54) is 0 Å². The highest BCUT2D eigenvalue weighted by molar-refractivity contribution is 5.71. The average molecular weight is 384 g/mol. The maximum absolute atomic E-state index is 9.51. The van der Waals surface area contributed by atoms with Gasteiger partial charge >= 0.3 is 0 Å². The van der Waals surface area contributed by atoms with Crippen LogP contribution in [0.25, 0.3) is 17.1 Å². The number of aromatic nitrogens is 5. The Balaban J connectivity index is 1.63. The third-order valence-electron chi connectivity index (χ3n) is 4.92. The van der Waals surface area contributed by atoms with Gasteiger partial charge in [-0.25, -0.2) is 4.98 Å². The van der Waals surface area contributed by atoms with Crippen molar-refractivity contribution in [1.82, 2.24) is 24.3 Å². The summed E-state index contributed by atoms with van der Waals surface area (Å²) in [5.41, 5.74) is 2.88. The number of ether oxygens (including phenoxy) is 2. The van der Waals surface area contributed by atoms with Crippen LogP contribution < -0.4 is 9.47 Å². The maximum Gasteiger partial charge on any atom is 0.171 e. The van der Waals surface area contributed by atoms with Crippen LogP contribution in [0.4, 0.5) is 0 Å². The van der Waals surface area contributed by atoms with Gasteiger partial charge in [0.15, 0.2) is 17.3 Å². The van der Waals surface area contributed by atoms with Gasteiger partial charge in [0.25, 0.3) is 0 Å². The lowest BCUT2D eigenvalue weighted by molar-refractivity contribution is 0.290. The average Bonchev–Trinajstić information content (AvgIpc) is 3.33. The van der Waals surface area contributed by atoms with Crippen LogP contribution >= 0.6 is 0 Å². The topological polar surface area (TPSA) is 90.8 Å². The summed E-state index contributed by atoms with van der Waals surface area (Å²) in [6.07, 6.45) is 1.67. The standard InChI is InChI=1S/C21H16N6O2/c1-28-15-7-8-18-16(9-15)21-25-24-20(12-29-14-5-3-2-4-6-14)26(21)11-19-17(10-22)23-13-27(18)19/h2-9,13H,11-12H2,1H3. The first-order valence-electron chi connectivity index (χ1n) is 9.03. The van der Waals surface area contributed by atoms with Gasteiger partial charge < -0.3 is 14.0 Å². The zero-order valence-corrected chi connectivity index (χ0v) is 15.6. The molecule has 0 amide bonds. The number of hydrogen-bond acceptors (Lipinski definition) is 6. The van der Waals surface area contributed by atoms with E-state index in [2.05, 4.69) is 21.3 Å². The number of methoxy groups -OCH3 is 1. The maximum atomic E-state index is 9.51. The van der Waals surface area contributed by atoms with Crippen molar-refractivity contribution in [2.24, 2.45) is 0 Å². The first-order chi connectivity index (χ1) is 14.3. The molecule has 0 unspecified atom stereocenters. The van der Waals surface area contributed by atoms with Crippen LogP contribution in [0.15, 0.2) is 54.9 Å². The molecular formula is C21H16N6O2. The first-order valence-corrected chi connectivity index (χ1v) is 9.03. The Morgan fingerprint density at radius 3 is 2.76 bits per heavy atom. The lowest BCUT2D eigenvalue weighted by Crippen LogP contribution is -2.10. The Kier molecular flexibility index (Phi) is 3.99. The van der Waals surface area contributed by atoms with E-state index in [0.717, 1.165) is 22.7 Å². The Morgan fingerprint density at radius 1 is 1.10 bits per heavy atom. The van der Waals surface area contributed by atoms with E-state index in [9.17, 15) is 5.26 Å². The molecular weight excluding hydrogens is 368 g/mol. The molecule has 0 saturated heterocycles. The summed E-state index contributed by atoms with van der Waals surface area (Å²) >= 11 is 0. The van der Waals surface area contributed by atoms with E-state index in [-0.39, 0.29) is 6.61 Å². The molecule has 29 heavy (non-hydrogen) atoms. The number of benzene rings is 2. The van der Waals surface area contributed by atoms with Gasteiger partial charge in [-0.3, -0.25) is 4.57 Å². The van der Waals surface area contributed by atoms with E-state index in [1.54, 1.807) is 13.4 Å². The fourth-order valence-corrected chi connectivity index (χ4v) is 3.48. The molecule has 0 bridgehead atoms. The fraction of sp³-hybridized carbons (Fsp3) is 0.143. The van der Waals surface area contributed by atoms with Crippen LogP contribution in [-0.4, -0.2) is 31.4 Å². The van der Waals surface area contributed by atoms with Crippen molar-refractivity contribution in [3.05, 3.63) is 72.1 Å². The van der Waals surface area contributed by atoms with Gasteiger partial charge in [0, 0.05) is 5.56 Å². The number of para-hydroxylation sites is 1. The summed E-state index contributed by atoms with van der Waals surface area (Å²) in [6.45, 7) is 0.669. The minimum atomic E-state index is 0.256. The number of rotatable bonds is 4. The minimum absolute atomic E-state index is 0.256. The Labute approximate surface area is 166 Å². The van der Waals surface area contributed by atoms with Crippen LogP contribution in [0, 0.1) is 11.3 Å². The highest BCUT2D eigenvalue weighted by Crippen LogP contribution is 2.34. The number of fused-ring (bicyclic) bond motifs is 5. The third-order valence-corrected chi connectivity index (χ3v) is 4.92. The van der Waals surface area contributed by atoms with Gasteiger partial charge in [0.1, 0.15) is 30.5 Å². The lowest BCUT2D eigenvalue weighted by atomic mass is 10.1. The van der Waals surface area contributed by atoms with Gasteiger partial charge in [-0.1, -0.05) is 18.2 Å². The highest BCUT2D eigenvalue weighted by Gasteiger charge is 2.26. The number of imidazole rings is 1. The van der Waals surface area contributed by atoms with E-state index in [4.69, 9.17) is 9.47 Å². The molecule has 0 fully saturated rings. The Hall–Kier alpha value is -4.12. The highest BCUT2D eigenvalue weighted by atomic mass is 16.5. The van der Waals surface area contributed by atoms with Crippen molar-refractivity contribution in [2.75, 3.05) is 7.11 Å². The Morgan fingerprint density at radius 2 is 1.97 bits per heavy atom.